The van der Waals surface area contributed by atoms with Gasteiger partial charge in [-0.25, -0.2) is 0 Å². The normalized spacial score (nSPS) is 10.3. The molecule has 0 aliphatic rings. The first-order chi connectivity index (χ1) is 9.90. The molecule has 21 heavy (non-hydrogen) atoms. The van der Waals surface area contributed by atoms with Crippen LogP contribution in [0.15, 0.2) is 28.7 Å². The molecule has 0 saturated carbocycles. The number of anilines is 2. The van der Waals surface area contributed by atoms with Gasteiger partial charge in [-0.1, -0.05) is 28.1 Å². The van der Waals surface area contributed by atoms with Crippen LogP contribution in [0.4, 0.5) is 11.4 Å². The van der Waals surface area contributed by atoms with E-state index in [1.54, 1.807) is 7.11 Å². The zero-order valence-electron chi connectivity index (χ0n) is 12.0. The number of nitrogens with two attached hydrogens (primary N) is 1. The van der Waals surface area contributed by atoms with Crippen LogP contribution in [0.2, 0.25) is 0 Å². The number of hydrogen-bond acceptors (Lipinski definition) is 4. The fraction of sp³-hybridized carbons (Fsp3) is 0.200. The monoisotopic (exact) mass is 365 g/mol. The van der Waals surface area contributed by atoms with Crippen LogP contribution in [-0.4, -0.2) is 17.1 Å². The van der Waals surface area contributed by atoms with Gasteiger partial charge in [0.15, 0.2) is 0 Å². The summed E-state index contributed by atoms with van der Waals surface area (Å²) in [5, 5.41) is 3.33. The number of benzene rings is 1. The summed E-state index contributed by atoms with van der Waals surface area (Å²) in [7, 11) is 1.63. The molecule has 0 spiro atoms. The highest BCUT2D eigenvalue weighted by Gasteiger charge is 2.12. The van der Waals surface area contributed by atoms with E-state index in [9.17, 15) is 0 Å². The van der Waals surface area contributed by atoms with Crippen LogP contribution in [0.3, 0.4) is 0 Å². The highest BCUT2D eigenvalue weighted by molar-refractivity contribution is 9.10. The Hall–Kier alpha value is -1.66. The van der Waals surface area contributed by atoms with Gasteiger partial charge in [0, 0.05) is 27.6 Å². The number of thiocarbonyl (C=S) groups is 1. The molecule has 1 heterocycles. The quantitative estimate of drug-likeness (QED) is 0.805. The van der Waals surface area contributed by atoms with E-state index in [-0.39, 0.29) is 0 Å². The number of halogens is 1. The van der Waals surface area contributed by atoms with E-state index in [0.29, 0.717) is 4.99 Å². The molecule has 0 atom stereocenters. The molecule has 0 aliphatic heterocycles. The summed E-state index contributed by atoms with van der Waals surface area (Å²) >= 11 is 8.60. The summed E-state index contributed by atoms with van der Waals surface area (Å²) in [6.07, 6.45) is 0. The van der Waals surface area contributed by atoms with Gasteiger partial charge in [-0.05, 0) is 32.0 Å². The zero-order valence-corrected chi connectivity index (χ0v) is 14.4. The first-order valence-corrected chi connectivity index (χ1v) is 7.50. The Bertz CT molecular complexity index is 704. The fourth-order valence-electron chi connectivity index (χ4n) is 2.15. The molecule has 110 valence electrons. The molecule has 0 radical (unpaired) electrons. The summed E-state index contributed by atoms with van der Waals surface area (Å²) in [4.78, 5) is 4.73. The number of rotatable bonds is 4. The molecule has 1 aromatic heterocycles. The predicted molar refractivity (Wildman–Crippen MR) is 93.6 cm³/mol. The van der Waals surface area contributed by atoms with Crippen LogP contribution in [-0.2, 0) is 0 Å². The first-order valence-electron chi connectivity index (χ1n) is 6.30. The molecule has 6 heteroatoms. The lowest BCUT2D eigenvalue weighted by Gasteiger charge is -2.15. The largest absolute Gasteiger partial charge is 0.497 e. The number of ether oxygens (including phenoxy) is 1. The van der Waals surface area contributed by atoms with Crippen molar-refractivity contribution in [1.82, 2.24) is 4.98 Å². The molecule has 2 aromatic rings. The second kappa shape index (κ2) is 6.41. The average Bonchev–Trinajstić information content (AvgIpc) is 2.36. The van der Waals surface area contributed by atoms with E-state index in [2.05, 4.69) is 26.2 Å². The first kappa shape index (κ1) is 15.7. The van der Waals surface area contributed by atoms with Crippen molar-refractivity contribution in [3.63, 3.8) is 0 Å². The third-order valence-electron chi connectivity index (χ3n) is 2.96. The van der Waals surface area contributed by atoms with E-state index in [0.717, 1.165) is 38.5 Å². The Labute approximate surface area is 137 Å². The van der Waals surface area contributed by atoms with Crippen molar-refractivity contribution in [2.24, 2.45) is 5.73 Å². The van der Waals surface area contributed by atoms with Crippen molar-refractivity contribution < 1.29 is 4.74 Å². The average molecular weight is 366 g/mol. The van der Waals surface area contributed by atoms with Crippen molar-refractivity contribution in [2.75, 3.05) is 12.4 Å². The summed E-state index contributed by atoms with van der Waals surface area (Å²) in [5.41, 5.74) is 10.0. The van der Waals surface area contributed by atoms with Gasteiger partial charge in [0.2, 0.25) is 0 Å². The van der Waals surface area contributed by atoms with Crippen LogP contribution in [0, 0.1) is 13.8 Å². The summed E-state index contributed by atoms with van der Waals surface area (Å²) in [5.74, 6) is 0.756. The van der Waals surface area contributed by atoms with Crippen molar-refractivity contribution in [1.29, 1.82) is 0 Å². The summed E-state index contributed by atoms with van der Waals surface area (Å²) in [6, 6.07) is 7.67. The number of pyridine rings is 1. The van der Waals surface area contributed by atoms with Gasteiger partial charge in [-0.3, -0.25) is 4.98 Å². The molecular formula is C15H16BrN3OS. The van der Waals surface area contributed by atoms with Crippen LogP contribution in [0.5, 0.6) is 5.75 Å². The van der Waals surface area contributed by atoms with Gasteiger partial charge in [0.05, 0.1) is 18.4 Å². The number of nitrogens with one attached hydrogen (secondary N) is 1. The van der Waals surface area contributed by atoms with Gasteiger partial charge in [-0.2, -0.15) is 0 Å². The SMILES string of the molecule is COc1cc(Br)cc(Nc2cc(C)nc(C)c2C(N)=S)c1. The molecule has 1 aromatic carbocycles. The maximum atomic E-state index is 5.82. The maximum absolute atomic E-state index is 5.82. The molecule has 0 amide bonds. The van der Waals surface area contributed by atoms with Gasteiger partial charge >= 0.3 is 0 Å². The molecule has 4 nitrogen and oxygen atoms in total. The van der Waals surface area contributed by atoms with Crippen molar-refractivity contribution in [2.45, 2.75) is 13.8 Å². The van der Waals surface area contributed by atoms with Gasteiger partial charge in [0.25, 0.3) is 0 Å². The Kier molecular flexibility index (Phi) is 4.80. The van der Waals surface area contributed by atoms with E-state index in [4.69, 9.17) is 22.7 Å². The Morgan fingerprint density at radius 2 is 2.00 bits per heavy atom. The lowest BCUT2D eigenvalue weighted by atomic mass is 10.1. The zero-order chi connectivity index (χ0) is 15.6. The molecule has 0 bridgehead atoms. The third-order valence-corrected chi connectivity index (χ3v) is 3.62. The van der Waals surface area contributed by atoms with Gasteiger partial charge < -0.3 is 15.8 Å². The minimum absolute atomic E-state index is 0.324. The number of aryl methyl sites for hydroxylation is 2. The molecule has 2 rings (SSSR count). The fourth-order valence-corrected chi connectivity index (χ4v) is 2.88. The predicted octanol–water partition coefficient (Wildman–Crippen LogP) is 3.85. The topological polar surface area (TPSA) is 60.2 Å². The molecule has 3 N–H and O–H groups in total. The maximum Gasteiger partial charge on any atom is 0.122 e. The van der Waals surface area contributed by atoms with E-state index >= 15 is 0 Å². The van der Waals surface area contributed by atoms with Gasteiger partial charge in [0.1, 0.15) is 10.7 Å². The van der Waals surface area contributed by atoms with Crippen LogP contribution >= 0.6 is 28.1 Å². The third kappa shape index (κ3) is 3.71. The molecule has 0 unspecified atom stereocenters. The summed E-state index contributed by atoms with van der Waals surface area (Å²) < 4.78 is 6.19. The number of hydrogen-bond donors (Lipinski definition) is 2. The van der Waals surface area contributed by atoms with Crippen molar-refractivity contribution in [3.8, 4) is 5.75 Å². The Morgan fingerprint density at radius 1 is 1.29 bits per heavy atom. The lowest BCUT2D eigenvalue weighted by molar-refractivity contribution is 0.415. The minimum atomic E-state index is 0.324. The van der Waals surface area contributed by atoms with E-state index in [1.807, 2.05) is 38.1 Å². The van der Waals surface area contributed by atoms with Crippen molar-refractivity contribution >= 4 is 44.5 Å². The smallest absolute Gasteiger partial charge is 0.122 e. The second-order valence-corrected chi connectivity index (χ2v) is 6.00. The highest BCUT2D eigenvalue weighted by Crippen LogP contribution is 2.29. The molecule has 0 fully saturated rings. The number of nitrogens with zero attached hydrogens (tertiary/aromatic N) is 1. The van der Waals surface area contributed by atoms with E-state index in [1.165, 1.54) is 0 Å². The number of aromatic nitrogens is 1. The molecule has 0 aliphatic carbocycles. The van der Waals surface area contributed by atoms with E-state index < -0.39 is 0 Å². The van der Waals surface area contributed by atoms with Crippen LogP contribution in [0.25, 0.3) is 0 Å². The Balaban J connectivity index is 2.48. The second-order valence-electron chi connectivity index (χ2n) is 4.64. The van der Waals surface area contributed by atoms with Crippen LogP contribution in [0.1, 0.15) is 17.0 Å². The molecule has 0 saturated heterocycles. The summed E-state index contributed by atoms with van der Waals surface area (Å²) in [6.45, 7) is 3.83. The number of methoxy groups -OCH3 is 1. The lowest BCUT2D eigenvalue weighted by Crippen LogP contribution is -2.15. The molecular weight excluding hydrogens is 350 g/mol. The van der Waals surface area contributed by atoms with Crippen LogP contribution < -0.4 is 15.8 Å². The minimum Gasteiger partial charge on any atom is -0.497 e. The highest BCUT2D eigenvalue weighted by atomic mass is 79.9. The Morgan fingerprint density at radius 3 is 2.62 bits per heavy atom. The van der Waals surface area contributed by atoms with Gasteiger partial charge in [-0.15, -0.1) is 0 Å². The standard InChI is InChI=1S/C15H16BrN3OS/c1-8-4-13(14(15(17)21)9(2)18-8)19-11-5-10(16)6-12(7-11)20-3/h4-7H,1-3H3,(H2,17,21)(H,18,19). The van der Waals surface area contributed by atoms with Crippen molar-refractivity contribution in [3.05, 3.63) is 45.7 Å².